The number of benzene rings is 1. The highest BCUT2D eigenvalue weighted by atomic mass is 127. The fourth-order valence-electron chi connectivity index (χ4n) is 1.18. The Labute approximate surface area is 89.1 Å². The summed E-state index contributed by atoms with van der Waals surface area (Å²) in [4.78, 5) is 14.6. The number of hydrogen-bond acceptors (Lipinski definition) is 2. The molecule has 0 aliphatic rings. The number of halogens is 1. The zero-order valence-electron chi connectivity index (χ0n) is 6.70. The molecule has 2 rings (SSSR count). The summed E-state index contributed by atoms with van der Waals surface area (Å²) >= 11 is 2.25. The van der Waals surface area contributed by atoms with E-state index in [1.807, 2.05) is 24.3 Å². The van der Waals surface area contributed by atoms with Gasteiger partial charge in [0.15, 0.2) is 6.29 Å². The van der Waals surface area contributed by atoms with Crippen molar-refractivity contribution in [2.24, 2.45) is 0 Å². The number of carbonyl (C=O) groups excluding carboxylic acids is 1. The molecule has 1 aromatic carbocycles. The molecule has 0 aliphatic heterocycles. The van der Waals surface area contributed by atoms with E-state index in [4.69, 9.17) is 0 Å². The average molecular weight is 283 g/mol. The average Bonchev–Trinajstić information content (AvgIpc) is 2.17. The second-order valence-electron chi connectivity index (χ2n) is 2.69. The van der Waals surface area contributed by atoms with Gasteiger partial charge in [0.25, 0.3) is 0 Å². The lowest BCUT2D eigenvalue weighted by Crippen LogP contribution is -1.87. The third kappa shape index (κ3) is 1.70. The summed E-state index contributed by atoms with van der Waals surface area (Å²) in [6.07, 6.45) is 0.761. The predicted octanol–water partition coefficient (Wildman–Crippen LogP) is 2.65. The summed E-state index contributed by atoms with van der Waals surface area (Å²) in [6.45, 7) is 0. The molecule has 0 amide bonds. The van der Waals surface area contributed by atoms with Crippen LogP contribution in [-0.2, 0) is 0 Å². The first-order valence-electron chi connectivity index (χ1n) is 3.81. The molecule has 0 fully saturated rings. The minimum atomic E-state index is 0.480. The smallest absolute Gasteiger partial charge is 0.168 e. The second kappa shape index (κ2) is 3.41. The molecule has 0 saturated carbocycles. The summed E-state index contributed by atoms with van der Waals surface area (Å²) in [5.41, 5.74) is 1.35. The molecule has 0 bridgehead atoms. The number of rotatable bonds is 1. The van der Waals surface area contributed by atoms with E-state index in [2.05, 4.69) is 27.6 Å². The van der Waals surface area contributed by atoms with Crippen LogP contribution in [0.5, 0.6) is 0 Å². The minimum Gasteiger partial charge on any atom is -0.296 e. The lowest BCUT2D eigenvalue weighted by Gasteiger charge is -1.97. The van der Waals surface area contributed by atoms with Crippen molar-refractivity contribution < 1.29 is 4.79 Å². The Morgan fingerprint density at radius 3 is 2.85 bits per heavy atom. The van der Waals surface area contributed by atoms with Crippen molar-refractivity contribution in [3.8, 4) is 0 Å². The molecular weight excluding hydrogens is 277 g/mol. The number of aldehydes is 1. The van der Waals surface area contributed by atoms with Crippen molar-refractivity contribution >= 4 is 39.8 Å². The number of fused-ring (bicyclic) bond motifs is 1. The SMILES string of the molecule is O=Cc1ccc2cc(I)ccc2n1. The first-order valence-corrected chi connectivity index (χ1v) is 4.89. The third-order valence-corrected chi connectivity index (χ3v) is 2.46. The van der Waals surface area contributed by atoms with E-state index in [-0.39, 0.29) is 0 Å². The number of pyridine rings is 1. The summed E-state index contributed by atoms with van der Waals surface area (Å²) in [5.74, 6) is 0. The van der Waals surface area contributed by atoms with Gasteiger partial charge in [-0.05, 0) is 46.9 Å². The molecule has 0 N–H and O–H groups in total. The van der Waals surface area contributed by atoms with E-state index < -0.39 is 0 Å². The highest BCUT2D eigenvalue weighted by molar-refractivity contribution is 14.1. The van der Waals surface area contributed by atoms with Gasteiger partial charge >= 0.3 is 0 Å². The van der Waals surface area contributed by atoms with Gasteiger partial charge < -0.3 is 0 Å². The first-order chi connectivity index (χ1) is 6.29. The van der Waals surface area contributed by atoms with Crippen LogP contribution in [0.25, 0.3) is 10.9 Å². The molecule has 13 heavy (non-hydrogen) atoms. The molecule has 2 nitrogen and oxygen atoms in total. The number of aromatic nitrogens is 1. The van der Waals surface area contributed by atoms with Crippen molar-refractivity contribution in [3.63, 3.8) is 0 Å². The van der Waals surface area contributed by atoms with Gasteiger partial charge in [0, 0.05) is 8.96 Å². The molecule has 0 atom stereocenters. The van der Waals surface area contributed by atoms with E-state index in [0.717, 1.165) is 17.2 Å². The Morgan fingerprint density at radius 2 is 2.08 bits per heavy atom. The van der Waals surface area contributed by atoms with Crippen molar-refractivity contribution in [2.45, 2.75) is 0 Å². The van der Waals surface area contributed by atoms with Crippen LogP contribution in [0, 0.1) is 3.57 Å². The Morgan fingerprint density at radius 1 is 1.23 bits per heavy atom. The molecule has 0 unspecified atom stereocenters. The molecular formula is C10H6INO. The molecule has 1 aromatic heterocycles. The van der Waals surface area contributed by atoms with Crippen LogP contribution in [0.2, 0.25) is 0 Å². The van der Waals surface area contributed by atoms with Crippen LogP contribution >= 0.6 is 22.6 Å². The Balaban J connectivity index is 2.73. The van der Waals surface area contributed by atoms with Crippen LogP contribution in [0.3, 0.4) is 0 Å². The first kappa shape index (κ1) is 8.62. The quantitative estimate of drug-likeness (QED) is 0.595. The lowest BCUT2D eigenvalue weighted by molar-refractivity contribution is 0.111. The zero-order valence-corrected chi connectivity index (χ0v) is 8.86. The van der Waals surface area contributed by atoms with E-state index >= 15 is 0 Å². The topological polar surface area (TPSA) is 30.0 Å². The van der Waals surface area contributed by atoms with Crippen molar-refractivity contribution in [1.29, 1.82) is 0 Å². The van der Waals surface area contributed by atoms with E-state index in [1.54, 1.807) is 6.07 Å². The maximum absolute atomic E-state index is 10.5. The molecule has 1 heterocycles. The summed E-state index contributed by atoms with van der Waals surface area (Å²) in [7, 11) is 0. The summed E-state index contributed by atoms with van der Waals surface area (Å²) < 4.78 is 1.17. The van der Waals surface area contributed by atoms with Crippen LogP contribution in [0.1, 0.15) is 10.5 Å². The summed E-state index contributed by atoms with van der Waals surface area (Å²) in [5, 5.41) is 1.07. The highest BCUT2D eigenvalue weighted by Crippen LogP contribution is 2.15. The van der Waals surface area contributed by atoms with Gasteiger partial charge in [-0.1, -0.05) is 6.07 Å². The van der Waals surface area contributed by atoms with E-state index in [1.165, 1.54) is 3.57 Å². The van der Waals surface area contributed by atoms with Crippen molar-refractivity contribution in [2.75, 3.05) is 0 Å². The monoisotopic (exact) mass is 283 g/mol. The second-order valence-corrected chi connectivity index (χ2v) is 3.94. The van der Waals surface area contributed by atoms with E-state index in [0.29, 0.717) is 5.69 Å². The predicted molar refractivity (Wildman–Crippen MR) is 59.8 cm³/mol. The van der Waals surface area contributed by atoms with Crippen molar-refractivity contribution in [3.05, 3.63) is 39.6 Å². The summed E-state index contributed by atoms with van der Waals surface area (Å²) in [6, 6.07) is 9.58. The lowest BCUT2D eigenvalue weighted by atomic mass is 10.2. The molecule has 0 spiro atoms. The molecule has 0 saturated heterocycles. The molecule has 64 valence electrons. The van der Waals surface area contributed by atoms with Crippen molar-refractivity contribution in [1.82, 2.24) is 4.98 Å². The Hall–Kier alpha value is -0.970. The van der Waals surface area contributed by atoms with Gasteiger partial charge in [-0.25, -0.2) is 4.98 Å². The highest BCUT2D eigenvalue weighted by Gasteiger charge is 1.97. The van der Waals surface area contributed by atoms with Gasteiger partial charge in [0.05, 0.1) is 5.52 Å². The fraction of sp³-hybridized carbons (Fsp3) is 0. The number of hydrogen-bond donors (Lipinski definition) is 0. The van der Waals surface area contributed by atoms with Crippen LogP contribution in [-0.4, -0.2) is 11.3 Å². The van der Waals surface area contributed by atoms with Gasteiger partial charge in [-0.15, -0.1) is 0 Å². The minimum absolute atomic E-state index is 0.480. The molecule has 0 radical (unpaired) electrons. The maximum Gasteiger partial charge on any atom is 0.168 e. The Kier molecular flexibility index (Phi) is 2.26. The van der Waals surface area contributed by atoms with Crippen LogP contribution in [0.4, 0.5) is 0 Å². The van der Waals surface area contributed by atoms with Crippen LogP contribution in [0.15, 0.2) is 30.3 Å². The van der Waals surface area contributed by atoms with Gasteiger partial charge in [-0.2, -0.15) is 0 Å². The fourth-order valence-corrected chi connectivity index (χ4v) is 1.69. The van der Waals surface area contributed by atoms with Gasteiger partial charge in [-0.3, -0.25) is 4.79 Å². The standard InChI is InChI=1S/C10H6INO/c11-8-2-4-10-7(5-8)1-3-9(6-13)12-10/h1-6H. The number of nitrogens with zero attached hydrogens (tertiary/aromatic N) is 1. The van der Waals surface area contributed by atoms with Crippen LogP contribution < -0.4 is 0 Å². The largest absolute Gasteiger partial charge is 0.296 e. The molecule has 0 aliphatic carbocycles. The molecule has 2 aromatic rings. The zero-order chi connectivity index (χ0) is 9.26. The normalized spacial score (nSPS) is 10.2. The number of carbonyl (C=O) groups is 1. The van der Waals surface area contributed by atoms with E-state index in [9.17, 15) is 4.79 Å². The third-order valence-electron chi connectivity index (χ3n) is 1.79. The maximum atomic E-state index is 10.5. The van der Waals surface area contributed by atoms with Gasteiger partial charge in [0.1, 0.15) is 5.69 Å². The Bertz CT molecular complexity index is 467. The van der Waals surface area contributed by atoms with Gasteiger partial charge in [0.2, 0.25) is 0 Å². The molecule has 3 heteroatoms.